The molecule has 0 aliphatic carbocycles. The lowest BCUT2D eigenvalue weighted by Gasteiger charge is -2.24. The van der Waals surface area contributed by atoms with Crippen LogP contribution in [0.3, 0.4) is 0 Å². The lowest BCUT2D eigenvalue weighted by Crippen LogP contribution is -2.32. The second-order valence-electron chi connectivity index (χ2n) is 6.52. The van der Waals surface area contributed by atoms with Crippen molar-refractivity contribution in [3.8, 4) is 0 Å². The Labute approximate surface area is 116 Å². The van der Waals surface area contributed by atoms with Crippen LogP contribution in [0, 0.1) is 11.8 Å². The normalized spacial score (nSPS) is 31.6. The van der Waals surface area contributed by atoms with Crippen molar-refractivity contribution in [1.82, 2.24) is 9.88 Å². The van der Waals surface area contributed by atoms with E-state index in [-0.39, 0.29) is 5.60 Å². The Morgan fingerprint density at radius 3 is 3.11 bits per heavy atom. The van der Waals surface area contributed by atoms with Crippen LogP contribution in [0.1, 0.15) is 32.3 Å². The summed E-state index contributed by atoms with van der Waals surface area (Å²) >= 11 is 0. The van der Waals surface area contributed by atoms with E-state index in [1.54, 1.807) is 0 Å². The molecular weight excluding hydrogens is 236 g/mol. The first kappa shape index (κ1) is 13.1. The predicted octanol–water partition coefficient (Wildman–Crippen LogP) is 2.72. The molecule has 19 heavy (non-hydrogen) atoms. The highest BCUT2D eigenvalue weighted by molar-refractivity contribution is 5.09. The predicted molar refractivity (Wildman–Crippen MR) is 75.8 cm³/mol. The number of pyridine rings is 1. The van der Waals surface area contributed by atoms with Gasteiger partial charge in [0.1, 0.15) is 0 Å². The molecule has 0 N–H and O–H groups in total. The van der Waals surface area contributed by atoms with Gasteiger partial charge in [0, 0.05) is 32.0 Å². The molecule has 2 saturated heterocycles. The fourth-order valence-electron chi connectivity index (χ4n) is 3.40. The van der Waals surface area contributed by atoms with E-state index < -0.39 is 0 Å². The first-order valence-corrected chi connectivity index (χ1v) is 7.42. The van der Waals surface area contributed by atoms with E-state index in [0.717, 1.165) is 38.1 Å². The van der Waals surface area contributed by atoms with E-state index in [1.165, 1.54) is 18.4 Å². The third-order valence-electron chi connectivity index (χ3n) is 4.70. The van der Waals surface area contributed by atoms with Gasteiger partial charge in [-0.3, -0.25) is 9.88 Å². The average molecular weight is 260 g/mol. The van der Waals surface area contributed by atoms with Crippen LogP contribution < -0.4 is 0 Å². The van der Waals surface area contributed by atoms with Crippen molar-refractivity contribution in [2.24, 2.45) is 11.8 Å². The Kier molecular flexibility index (Phi) is 3.59. The highest BCUT2D eigenvalue weighted by Gasteiger charge is 2.45. The number of likely N-dealkylation sites (tertiary alicyclic amines) is 1. The molecule has 104 valence electrons. The summed E-state index contributed by atoms with van der Waals surface area (Å²) in [7, 11) is 0. The molecule has 1 aromatic heterocycles. The van der Waals surface area contributed by atoms with E-state index in [9.17, 15) is 0 Å². The van der Waals surface area contributed by atoms with E-state index in [2.05, 4.69) is 29.8 Å². The maximum absolute atomic E-state index is 6.19. The molecular formula is C16H24N2O. The van der Waals surface area contributed by atoms with Crippen molar-refractivity contribution in [2.45, 2.75) is 38.8 Å². The molecule has 3 heteroatoms. The number of hydrogen-bond acceptors (Lipinski definition) is 3. The molecule has 3 heterocycles. The lowest BCUT2D eigenvalue weighted by atomic mass is 9.87. The fourth-order valence-corrected chi connectivity index (χ4v) is 3.40. The number of aromatic nitrogens is 1. The standard InChI is InChI=1S/C16H24N2O/c1-13(2)15-8-16(19-11-15)5-7-18(12-16)10-14-4-3-6-17-9-14/h3-4,6,9,13,15H,5,7-8,10-12H2,1-2H3/t15-,16+/m0/s1. The van der Waals surface area contributed by atoms with Gasteiger partial charge in [-0.1, -0.05) is 19.9 Å². The van der Waals surface area contributed by atoms with Gasteiger partial charge in [-0.25, -0.2) is 0 Å². The lowest BCUT2D eigenvalue weighted by molar-refractivity contribution is 0.0106. The van der Waals surface area contributed by atoms with E-state index in [1.807, 2.05) is 18.5 Å². The van der Waals surface area contributed by atoms with Crippen LogP contribution in [0.2, 0.25) is 0 Å². The quantitative estimate of drug-likeness (QED) is 0.835. The van der Waals surface area contributed by atoms with Crippen molar-refractivity contribution in [3.63, 3.8) is 0 Å². The number of nitrogens with zero attached hydrogens (tertiary/aromatic N) is 2. The van der Waals surface area contributed by atoms with Crippen LogP contribution in [0.25, 0.3) is 0 Å². The zero-order valence-electron chi connectivity index (χ0n) is 12.0. The molecule has 0 saturated carbocycles. The molecule has 2 atom stereocenters. The van der Waals surface area contributed by atoms with Gasteiger partial charge < -0.3 is 4.74 Å². The molecule has 1 spiro atoms. The van der Waals surface area contributed by atoms with Gasteiger partial charge in [-0.2, -0.15) is 0 Å². The molecule has 2 aliphatic rings. The van der Waals surface area contributed by atoms with Gasteiger partial charge in [0.25, 0.3) is 0 Å². The van der Waals surface area contributed by atoms with E-state index in [4.69, 9.17) is 4.74 Å². The van der Waals surface area contributed by atoms with Crippen LogP contribution in [0.5, 0.6) is 0 Å². The Bertz CT molecular complexity index is 420. The Morgan fingerprint density at radius 2 is 2.42 bits per heavy atom. The minimum Gasteiger partial charge on any atom is -0.373 e. The fraction of sp³-hybridized carbons (Fsp3) is 0.688. The smallest absolute Gasteiger partial charge is 0.0824 e. The number of ether oxygens (including phenoxy) is 1. The van der Waals surface area contributed by atoms with Crippen molar-refractivity contribution in [2.75, 3.05) is 19.7 Å². The molecule has 2 fully saturated rings. The van der Waals surface area contributed by atoms with E-state index >= 15 is 0 Å². The Balaban J connectivity index is 1.59. The van der Waals surface area contributed by atoms with Crippen LogP contribution in [0.4, 0.5) is 0 Å². The molecule has 0 aromatic carbocycles. The minimum atomic E-state index is 0.150. The maximum atomic E-state index is 6.19. The summed E-state index contributed by atoms with van der Waals surface area (Å²) in [5, 5.41) is 0. The first-order chi connectivity index (χ1) is 9.17. The largest absolute Gasteiger partial charge is 0.373 e. The number of hydrogen-bond donors (Lipinski definition) is 0. The van der Waals surface area contributed by atoms with Crippen molar-refractivity contribution >= 4 is 0 Å². The van der Waals surface area contributed by atoms with Crippen molar-refractivity contribution in [1.29, 1.82) is 0 Å². The van der Waals surface area contributed by atoms with Gasteiger partial charge in [0.2, 0.25) is 0 Å². The van der Waals surface area contributed by atoms with Crippen molar-refractivity contribution in [3.05, 3.63) is 30.1 Å². The monoisotopic (exact) mass is 260 g/mol. The average Bonchev–Trinajstić information content (AvgIpc) is 2.99. The van der Waals surface area contributed by atoms with Crippen LogP contribution in [-0.2, 0) is 11.3 Å². The molecule has 0 unspecified atom stereocenters. The van der Waals surface area contributed by atoms with Crippen LogP contribution in [-0.4, -0.2) is 35.2 Å². The first-order valence-electron chi connectivity index (χ1n) is 7.42. The zero-order valence-corrected chi connectivity index (χ0v) is 12.0. The topological polar surface area (TPSA) is 25.4 Å². The van der Waals surface area contributed by atoms with Crippen molar-refractivity contribution < 1.29 is 4.74 Å². The summed E-state index contributed by atoms with van der Waals surface area (Å²) in [5.74, 6) is 1.49. The zero-order chi connectivity index (χ0) is 13.3. The summed E-state index contributed by atoms with van der Waals surface area (Å²) in [4.78, 5) is 6.71. The van der Waals surface area contributed by atoms with Gasteiger partial charge in [-0.05, 0) is 36.3 Å². The summed E-state index contributed by atoms with van der Waals surface area (Å²) in [6.45, 7) is 8.83. The Hall–Kier alpha value is -0.930. The second kappa shape index (κ2) is 5.22. The van der Waals surface area contributed by atoms with Gasteiger partial charge in [0.15, 0.2) is 0 Å². The summed E-state index contributed by atoms with van der Waals surface area (Å²) < 4.78 is 6.19. The maximum Gasteiger partial charge on any atom is 0.0824 e. The third-order valence-corrected chi connectivity index (χ3v) is 4.70. The molecule has 1 aromatic rings. The summed E-state index contributed by atoms with van der Waals surface area (Å²) in [5.41, 5.74) is 1.45. The van der Waals surface area contributed by atoms with Gasteiger partial charge in [-0.15, -0.1) is 0 Å². The summed E-state index contributed by atoms with van der Waals surface area (Å²) in [6.07, 6.45) is 6.24. The highest BCUT2D eigenvalue weighted by Crippen LogP contribution is 2.40. The third kappa shape index (κ3) is 2.82. The highest BCUT2D eigenvalue weighted by atomic mass is 16.5. The number of rotatable bonds is 3. The SMILES string of the molecule is CC(C)[C@@H]1CO[C@]2(CCN(Cc3cccnc3)C2)C1. The van der Waals surface area contributed by atoms with Crippen LogP contribution in [0.15, 0.2) is 24.5 Å². The molecule has 3 nitrogen and oxygen atoms in total. The van der Waals surface area contributed by atoms with Gasteiger partial charge >= 0.3 is 0 Å². The second-order valence-corrected chi connectivity index (χ2v) is 6.52. The van der Waals surface area contributed by atoms with Crippen LogP contribution >= 0.6 is 0 Å². The molecule has 2 aliphatic heterocycles. The minimum absolute atomic E-state index is 0.150. The van der Waals surface area contributed by atoms with E-state index in [0.29, 0.717) is 0 Å². The Morgan fingerprint density at radius 1 is 1.53 bits per heavy atom. The summed E-state index contributed by atoms with van der Waals surface area (Å²) in [6, 6.07) is 4.17. The molecule has 0 amide bonds. The molecule has 3 rings (SSSR count). The molecule has 0 radical (unpaired) electrons. The molecule has 0 bridgehead atoms. The van der Waals surface area contributed by atoms with Gasteiger partial charge in [0.05, 0.1) is 12.2 Å².